The lowest BCUT2D eigenvalue weighted by atomic mass is 10.1. The molecule has 0 aliphatic carbocycles. The van der Waals surface area contributed by atoms with Crippen LogP contribution >= 0.6 is 11.6 Å². The number of hydrogen-bond acceptors (Lipinski definition) is 3. The summed E-state index contributed by atoms with van der Waals surface area (Å²) in [6, 6.07) is 15.6. The Morgan fingerprint density at radius 1 is 1.25 bits per heavy atom. The summed E-state index contributed by atoms with van der Waals surface area (Å²) >= 11 is 6.13. The molecule has 0 fully saturated rings. The molecule has 1 N–H and O–H groups in total. The minimum Gasteiger partial charge on any atom is -0.370 e. The van der Waals surface area contributed by atoms with Crippen LogP contribution in [0.25, 0.3) is 0 Å². The highest BCUT2D eigenvalue weighted by Gasteiger charge is 2.25. The zero-order valence-corrected chi connectivity index (χ0v) is 16.4. The van der Waals surface area contributed by atoms with Crippen molar-refractivity contribution in [2.75, 3.05) is 13.2 Å². The second-order valence-electron chi connectivity index (χ2n) is 6.95. The quantitative estimate of drug-likeness (QED) is 0.712. The molecule has 0 unspecified atom stereocenters. The van der Waals surface area contributed by atoms with Crippen molar-refractivity contribution >= 4 is 17.5 Å². The molecule has 144 valence electrons. The molecule has 4 rings (SSSR count). The van der Waals surface area contributed by atoms with Gasteiger partial charge in [-0.1, -0.05) is 48.0 Å². The summed E-state index contributed by atoms with van der Waals surface area (Å²) in [7, 11) is 0. The normalized spacial score (nSPS) is 15.9. The number of halogens is 1. The number of amides is 1. The van der Waals surface area contributed by atoms with Gasteiger partial charge >= 0.3 is 0 Å². The van der Waals surface area contributed by atoms with Crippen molar-refractivity contribution in [3.05, 3.63) is 87.7 Å². The van der Waals surface area contributed by atoms with Gasteiger partial charge in [0.2, 0.25) is 0 Å². The Balaban J connectivity index is 1.46. The Labute approximate surface area is 169 Å². The summed E-state index contributed by atoms with van der Waals surface area (Å²) in [5.41, 5.74) is 4.65. The van der Waals surface area contributed by atoms with Gasteiger partial charge in [-0.2, -0.15) is 5.10 Å². The number of aromatic nitrogens is 2. The van der Waals surface area contributed by atoms with Crippen LogP contribution in [0.4, 0.5) is 0 Å². The smallest absolute Gasteiger partial charge is 0.251 e. The van der Waals surface area contributed by atoms with E-state index in [2.05, 4.69) is 23.6 Å². The topological polar surface area (TPSA) is 56.1 Å². The third kappa shape index (κ3) is 3.96. The van der Waals surface area contributed by atoms with Crippen LogP contribution in [-0.2, 0) is 17.7 Å². The van der Waals surface area contributed by atoms with Gasteiger partial charge in [0.25, 0.3) is 5.91 Å². The third-order valence-electron chi connectivity index (χ3n) is 5.01. The molecule has 1 aliphatic heterocycles. The molecule has 6 heteroatoms. The summed E-state index contributed by atoms with van der Waals surface area (Å²) in [5.74, 6) is -0.153. The van der Waals surface area contributed by atoms with Crippen molar-refractivity contribution < 1.29 is 9.53 Å². The van der Waals surface area contributed by atoms with Crippen LogP contribution < -0.4 is 5.32 Å². The van der Waals surface area contributed by atoms with E-state index in [0.29, 0.717) is 30.3 Å². The Morgan fingerprint density at radius 3 is 2.89 bits per heavy atom. The van der Waals surface area contributed by atoms with E-state index >= 15 is 0 Å². The van der Waals surface area contributed by atoms with E-state index in [9.17, 15) is 4.79 Å². The van der Waals surface area contributed by atoms with Gasteiger partial charge in [0, 0.05) is 23.3 Å². The van der Waals surface area contributed by atoms with Crippen molar-refractivity contribution in [2.24, 2.45) is 0 Å². The highest BCUT2D eigenvalue weighted by Crippen LogP contribution is 2.26. The maximum atomic E-state index is 12.6. The largest absolute Gasteiger partial charge is 0.370 e. The molecule has 28 heavy (non-hydrogen) atoms. The molecule has 1 aliphatic rings. The first-order valence-electron chi connectivity index (χ1n) is 9.37. The SMILES string of the molecule is Cc1c(Cl)cccc1C(=O)NC[C@@H]1OCCc2cn(Cc3ccccc3)nc21. The van der Waals surface area contributed by atoms with Crippen molar-refractivity contribution in [1.29, 1.82) is 0 Å². The number of ether oxygens (including phenoxy) is 1. The number of carbonyl (C=O) groups excluding carboxylic acids is 1. The van der Waals surface area contributed by atoms with Crippen LogP contribution in [0.15, 0.2) is 54.7 Å². The molecule has 0 saturated heterocycles. The fourth-order valence-electron chi connectivity index (χ4n) is 3.47. The molecule has 1 atom stereocenters. The van der Waals surface area contributed by atoms with Gasteiger partial charge in [0.1, 0.15) is 6.10 Å². The standard InChI is InChI=1S/C22H22ClN3O2/c1-15-18(8-5-9-19(15)23)22(27)24-12-20-21-17(10-11-28-20)14-26(25-21)13-16-6-3-2-4-7-16/h2-9,14,20H,10-13H2,1H3,(H,24,27)/t20-/m0/s1. The van der Waals surface area contributed by atoms with Crippen LogP contribution in [0.3, 0.4) is 0 Å². The number of nitrogens with zero attached hydrogens (tertiary/aromatic N) is 2. The van der Waals surface area contributed by atoms with Crippen LogP contribution in [0.1, 0.15) is 38.8 Å². The predicted molar refractivity (Wildman–Crippen MR) is 109 cm³/mol. The minimum atomic E-state index is -0.246. The lowest BCUT2D eigenvalue weighted by molar-refractivity contribution is 0.0383. The van der Waals surface area contributed by atoms with Crippen LogP contribution in [0.2, 0.25) is 5.02 Å². The third-order valence-corrected chi connectivity index (χ3v) is 5.42. The van der Waals surface area contributed by atoms with Crippen molar-refractivity contribution in [3.8, 4) is 0 Å². The lowest BCUT2D eigenvalue weighted by Crippen LogP contribution is -2.32. The van der Waals surface area contributed by atoms with Crippen LogP contribution in [0, 0.1) is 6.92 Å². The molecule has 0 spiro atoms. The first kappa shape index (κ1) is 18.7. The molecular formula is C22H22ClN3O2. The number of hydrogen-bond donors (Lipinski definition) is 1. The molecule has 0 bridgehead atoms. The van der Waals surface area contributed by atoms with Crippen LogP contribution in [-0.4, -0.2) is 28.8 Å². The maximum absolute atomic E-state index is 12.6. The molecule has 2 aromatic carbocycles. The molecule has 1 aromatic heterocycles. The molecular weight excluding hydrogens is 374 g/mol. The van der Waals surface area contributed by atoms with E-state index in [4.69, 9.17) is 21.4 Å². The summed E-state index contributed by atoms with van der Waals surface area (Å²) < 4.78 is 7.84. The van der Waals surface area contributed by atoms with Gasteiger partial charge < -0.3 is 10.1 Å². The number of fused-ring (bicyclic) bond motifs is 1. The van der Waals surface area contributed by atoms with Gasteiger partial charge in [-0.3, -0.25) is 9.48 Å². The zero-order valence-electron chi connectivity index (χ0n) is 15.7. The number of rotatable bonds is 5. The fourth-order valence-corrected chi connectivity index (χ4v) is 3.65. The van der Waals surface area contributed by atoms with E-state index in [0.717, 1.165) is 17.7 Å². The fraction of sp³-hybridized carbons (Fsp3) is 0.273. The summed E-state index contributed by atoms with van der Waals surface area (Å²) in [5, 5.41) is 8.28. The van der Waals surface area contributed by atoms with Gasteiger partial charge in [-0.25, -0.2) is 0 Å². The summed E-state index contributed by atoms with van der Waals surface area (Å²) in [4.78, 5) is 12.6. The molecule has 0 saturated carbocycles. The molecule has 5 nitrogen and oxygen atoms in total. The maximum Gasteiger partial charge on any atom is 0.251 e. The zero-order chi connectivity index (χ0) is 19.5. The monoisotopic (exact) mass is 395 g/mol. The number of benzene rings is 2. The van der Waals surface area contributed by atoms with Crippen molar-refractivity contribution in [2.45, 2.75) is 26.0 Å². The summed E-state index contributed by atoms with van der Waals surface area (Å²) in [6.45, 7) is 3.56. The van der Waals surface area contributed by atoms with Gasteiger partial charge in [-0.15, -0.1) is 0 Å². The number of carbonyl (C=O) groups is 1. The molecule has 1 amide bonds. The van der Waals surface area contributed by atoms with E-state index in [1.165, 1.54) is 11.1 Å². The van der Waals surface area contributed by atoms with E-state index in [-0.39, 0.29) is 12.0 Å². The molecule has 3 aromatic rings. The van der Waals surface area contributed by atoms with Crippen molar-refractivity contribution in [1.82, 2.24) is 15.1 Å². The second-order valence-corrected chi connectivity index (χ2v) is 7.36. The van der Waals surface area contributed by atoms with Crippen molar-refractivity contribution in [3.63, 3.8) is 0 Å². The minimum absolute atomic E-state index is 0.153. The Kier molecular flexibility index (Phi) is 5.46. The predicted octanol–water partition coefficient (Wildman–Crippen LogP) is 3.94. The van der Waals surface area contributed by atoms with Crippen LogP contribution in [0.5, 0.6) is 0 Å². The Bertz CT molecular complexity index is 985. The van der Waals surface area contributed by atoms with Gasteiger partial charge in [-0.05, 0) is 42.2 Å². The van der Waals surface area contributed by atoms with E-state index in [1.807, 2.05) is 29.8 Å². The average Bonchev–Trinajstić information content (AvgIpc) is 3.12. The Hall–Kier alpha value is -2.63. The highest BCUT2D eigenvalue weighted by atomic mass is 35.5. The Morgan fingerprint density at radius 2 is 2.07 bits per heavy atom. The summed E-state index contributed by atoms with van der Waals surface area (Å²) in [6.07, 6.45) is 2.67. The van der Waals surface area contributed by atoms with E-state index < -0.39 is 0 Å². The lowest BCUT2D eigenvalue weighted by Gasteiger charge is -2.22. The molecule has 2 heterocycles. The first-order valence-corrected chi connectivity index (χ1v) is 9.74. The average molecular weight is 396 g/mol. The second kappa shape index (κ2) is 8.17. The first-order chi connectivity index (χ1) is 13.6. The highest BCUT2D eigenvalue weighted by molar-refractivity contribution is 6.31. The van der Waals surface area contributed by atoms with Gasteiger partial charge in [0.15, 0.2) is 0 Å². The molecule has 0 radical (unpaired) electrons. The number of nitrogens with one attached hydrogen (secondary N) is 1. The van der Waals surface area contributed by atoms with E-state index in [1.54, 1.807) is 18.2 Å². The van der Waals surface area contributed by atoms with Gasteiger partial charge in [0.05, 0.1) is 18.8 Å².